The maximum Gasteiger partial charge on any atom is 0.322 e. The van der Waals surface area contributed by atoms with E-state index in [-0.39, 0.29) is 12.1 Å². The number of carbonyl (C=O) groups is 1. The molecule has 0 radical (unpaired) electrons. The lowest BCUT2D eigenvalue weighted by Crippen LogP contribution is -2.38. The molecular weight excluding hydrogens is 192 g/mol. The van der Waals surface area contributed by atoms with Crippen molar-refractivity contribution < 1.29 is 9.53 Å². The maximum atomic E-state index is 11.3. The predicted octanol–water partition coefficient (Wildman–Crippen LogP) is 0.797. The SMILES string of the molecule is CCN[C@H]1CC[C@H](OC(=O)[C@H](C)N)CC1. The molecule has 0 unspecified atom stereocenters. The van der Waals surface area contributed by atoms with Gasteiger partial charge in [-0.1, -0.05) is 6.92 Å². The van der Waals surface area contributed by atoms with Gasteiger partial charge in [0, 0.05) is 6.04 Å². The second kappa shape index (κ2) is 6.08. The van der Waals surface area contributed by atoms with Crippen molar-refractivity contribution in [2.24, 2.45) is 5.73 Å². The molecule has 0 aromatic heterocycles. The van der Waals surface area contributed by atoms with Crippen molar-refractivity contribution in [1.82, 2.24) is 5.32 Å². The molecule has 88 valence electrons. The molecule has 0 aromatic carbocycles. The first-order valence-corrected chi connectivity index (χ1v) is 5.83. The largest absolute Gasteiger partial charge is 0.461 e. The number of esters is 1. The number of ether oxygens (including phenoxy) is 1. The van der Waals surface area contributed by atoms with Gasteiger partial charge in [-0.2, -0.15) is 0 Å². The topological polar surface area (TPSA) is 64.3 Å². The highest BCUT2D eigenvalue weighted by Crippen LogP contribution is 2.21. The molecule has 1 atom stereocenters. The van der Waals surface area contributed by atoms with Crippen LogP contribution in [0.3, 0.4) is 0 Å². The van der Waals surface area contributed by atoms with E-state index in [1.165, 1.54) is 0 Å². The molecule has 0 spiro atoms. The summed E-state index contributed by atoms with van der Waals surface area (Å²) in [5.74, 6) is -0.276. The zero-order valence-corrected chi connectivity index (χ0v) is 9.66. The standard InChI is InChI=1S/C11H22N2O2/c1-3-13-9-4-6-10(7-5-9)15-11(14)8(2)12/h8-10,13H,3-7,12H2,1-2H3/t8-,9-,10-/m0/s1. The second-order valence-corrected chi connectivity index (χ2v) is 4.26. The number of hydrogen-bond acceptors (Lipinski definition) is 4. The van der Waals surface area contributed by atoms with Crippen molar-refractivity contribution in [2.75, 3.05) is 6.54 Å². The Bertz CT molecular complexity index is 199. The summed E-state index contributed by atoms with van der Waals surface area (Å²) in [7, 11) is 0. The van der Waals surface area contributed by atoms with Crippen LogP contribution < -0.4 is 11.1 Å². The Balaban J connectivity index is 2.22. The van der Waals surface area contributed by atoms with Crippen LogP contribution >= 0.6 is 0 Å². The van der Waals surface area contributed by atoms with Crippen LogP contribution in [-0.4, -0.2) is 30.7 Å². The van der Waals surface area contributed by atoms with Crippen molar-refractivity contribution in [2.45, 2.75) is 57.7 Å². The van der Waals surface area contributed by atoms with Gasteiger partial charge in [-0.25, -0.2) is 0 Å². The van der Waals surface area contributed by atoms with Crippen LogP contribution in [-0.2, 0) is 9.53 Å². The van der Waals surface area contributed by atoms with E-state index in [2.05, 4.69) is 12.2 Å². The summed E-state index contributed by atoms with van der Waals surface area (Å²) in [6.45, 7) is 4.78. The molecule has 0 heterocycles. The molecule has 0 aliphatic heterocycles. The van der Waals surface area contributed by atoms with Crippen molar-refractivity contribution >= 4 is 5.97 Å². The monoisotopic (exact) mass is 214 g/mol. The van der Waals surface area contributed by atoms with E-state index in [1.807, 2.05) is 0 Å². The van der Waals surface area contributed by atoms with Gasteiger partial charge in [-0.05, 0) is 39.2 Å². The summed E-state index contributed by atoms with van der Waals surface area (Å²) in [6, 6.07) is 0.0942. The lowest BCUT2D eigenvalue weighted by Gasteiger charge is -2.29. The van der Waals surface area contributed by atoms with Gasteiger partial charge in [0.1, 0.15) is 12.1 Å². The predicted molar refractivity (Wildman–Crippen MR) is 59.5 cm³/mol. The molecule has 1 rings (SSSR count). The van der Waals surface area contributed by atoms with Gasteiger partial charge in [0.15, 0.2) is 0 Å². The molecule has 4 nitrogen and oxygen atoms in total. The molecule has 1 aliphatic carbocycles. The quantitative estimate of drug-likeness (QED) is 0.679. The summed E-state index contributed by atoms with van der Waals surface area (Å²) in [6.07, 6.45) is 4.17. The molecule has 1 saturated carbocycles. The van der Waals surface area contributed by atoms with E-state index in [1.54, 1.807) is 6.92 Å². The Morgan fingerprint density at radius 2 is 2.07 bits per heavy atom. The number of rotatable bonds is 4. The van der Waals surface area contributed by atoms with E-state index in [4.69, 9.17) is 10.5 Å². The Hall–Kier alpha value is -0.610. The highest BCUT2D eigenvalue weighted by Gasteiger charge is 2.24. The number of carbonyl (C=O) groups excluding carboxylic acids is 1. The average molecular weight is 214 g/mol. The van der Waals surface area contributed by atoms with Crippen molar-refractivity contribution in [1.29, 1.82) is 0 Å². The third kappa shape index (κ3) is 4.18. The van der Waals surface area contributed by atoms with Crippen LogP contribution in [0.15, 0.2) is 0 Å². The smallest absolute Gasteiger partial charge is 0.322 e. The summed E-state index contributed by atoms with van der Waals surface area (Å²) in [5, 5.41) is 3.42. The summed E-state index contributed by atoms with van der Waals surface area (Å²) in [5.41, 5.74) is 5.44. The molecule has 0 bridgehead atoms. The van der Waals surface area contributed by atoms with E-state index >= 15 is 0 Å². The first-order chi connectivity index (χ1) is 7.13. The van der Waals surface area contributed by atoms with Gasteiger partial charge in [0.2, 0.25) is 0 Å². The van der Waals surface area contributed by atoms with Crippen LogP contribution in [0.1, 0.15) is 39.5 Å². The van der Waals surface area contributed by atoms with Crippen LogP contribution in [0.25, 0.3) is 0 Å². The van der Waals surface area contributed by atoms with Gasteiger partial charge >= 0.3 is 5.97 Å². The normalized spacial score (nSPS) is 28.5. The van der Waals surface area contributed by atoms with Crippen molar-refractivity contribution in [3.63, 3.8) is 0 Å². The molecule has 0 aromatic rings. The Morgan fingerprint density at radius 1 is 1.47 bits per heavy atom. The molecule has 0 saturated heterocycles. The lowest BCUT2D eigenvalue weighted by atomic mass is 9.93. The minimum atomic E-state index is -0.503. The Kier molecular flexibility index (Phi) is 5.05. The van der Waals surface area contributed by atoms with Crippen molar-refractivity contribution in [3.05, 3.63) is 0 Å². The molecule has 0 amide bonds. The van der Waals surface area contributed by atoms with Crippen LogP contribution in [0.4, 0.5) is 0 Å². The first kappa shape index (κ1) is 12.5. The number of nitrogens with two attached hydrogens (primary N) is 1. The van der Waals surface area contributed by atoms with Gasteiger partial charge in [0.25, 0.3) is 0 Å². The number of hydrogen-bond donors (Lipinski definition) is 2. The van der Waals surface area contributed by atoms with Gasteiger partial charge < -0.3 is 15.8 Å². The zero-order chi connectivity index (χ0) is 11.3. The lowest BCUT2D eigenvalue weighted by molar-refractivity contribution is -0.151. The third-order valence-electron chi connectivity index (χ3n) is 2.82. The zero-order valence-electron chi connectivity index (χ0n) is 9.66. The maximum absolute atomic E-state index is 11.3. The molecule has 1 fully saturated rings. The average Bonchev–Trinajstić information content (AvgIpc) is 2.21. The fourth-order valence-electron chi connectivity index (χ4n) is 1.95. The molecule has 3 N–H and O–H groups in total. The Morgan fingerprint density at radius 3 is 2.53 bits per heavy atom. The second-order valence-electron chi connectivity index (χ2n) is 4.26. The molecule has 15 heavy (non-hydrogen) atoms. The first-order valence-electron chi connectivity index (χ1n) is 5.83. The number of nitrogens with one attached hydrogen (secondary N) is 1. The van der Waals surface area contributed by atoms with E-state index in [9.17, 15) is 4.79 Å². The van der Waals surface area contributed by atoms with Crippen LogP contribution in [0.2, 0.25) is 0 Å². The van der Waals surface area contributed by atoms with Crippen LogP contribution in [0, 0.1) is 0 Å². The summed E-state index contributed by atoms with van der Waals surface area (Å²) >= 11 is 0. The molecule has 1 aliphatic rings. The minimum Gasteiger partial charge on any atom is -0.461 e. The third-order valence-corrected chi connectivity index (χ3v) is 2.82. The Labute approximate surface area is 91.5 Å². The van der Waals surface area contributed by atoms with E-state index in [0.29, 0.717) is 6.04 Å². The fraction of sp³-hybridized carbons (Fsp3) is 0.909. The summed E-state index contributed by atoms with van der Waals surface area (Å²) in [4.78, 5) is 11.3. The highest BCUT2D eigenvalue weighted by molar-refractivity contribution is 5.75. The molecule has 4 heteroatoms. The molecular formula is C11H22N2O2. The van der Waals surface area contributed by atoms with Gasteiger partial charge in [0.05, 0.1) is 0 Å². The van der Waals surface area contributed by atoms with Gasteiger partial charge in [-0.3, -0.25) is 4.79 Å². The highest BCUT2D eigenvalue weighted by atomic mass is 16.5. The van der Waals surface area contributed by atoms with E-state index < -0.39 is 6.04 Å². The summed E-state index contributed by atoms with van der Waals surface area (Å²) < 4.78 is 5.29. The van der Waals surface area contributed by atoms with Crippen molar-refractivity contribution in [3.8, 4) is 0 Å². The van der Waals surface area contributed by atoms with Gasteiger partial charge in [-0.15, -0.1) is 0 Å². The minimum absolute atomic E-state index is 0.0819. The van der Waals surface area contributed by atoms with Crippen LogP contribution in [0.5, 0.6) is 0 Å². The fourth-order valence-corrected chi connectivity index (χ4v) is 1.95. The van der Waals surface area contributed by atoms with E-state index in [0.717, 1.165) is 32.2 Å².